The van der Waals surface area contributed by atoms with E-state index in [1.54, 1.807) is 36.9 Å². The standard InChI is InChI=1S/C17H17FO4S/c1-12(19-8-9-20-15-5-3-2-4-14(15)18)22-13-6-7-17-16(10-13)21-11-23-17/h2-7,10,12H,8-9,11H2,1H3. The second-order valence-electron chi connectivity index (χ2n) is 4.85. The van der Waals surface area contributed by atoms with Crippen LogP contribution in [0.1, 0.15) is 6.92 Å². The molecule has 0 spiro atoms. The number of rotatable bonds is 7. The average Bonchev–Trinajstić information content (AvgIpc) is 3.01. The van der Waals surface area contributed by atoms with E-state index < -0.39 is 6.29 Å². The Bertz CT molecular complexity index is 665. The molecule has 6 heteroatoms. The fourth-order valence-electron chi connectivity index (χ4n) is 2.10. The van der Waals surface area contributed by atoms with Crippen molar-refractivity contribution in [3.8, 4) is 17.2 Å². The largest absolute Gasteiger partial charge is 0.488 e. The number of hydrogen-bond acceptors (Lipinski definition) is 5. The highest BCUT2D eigenvalue weighted by molar-refractivity contribution is 7.99. The van der Waals surface area contributed by atoms with Crippen molar-refractivity contribution in [2.45, 2.75) is 18.1 Å². The molecule has 1 heterocycles. The first-order chi connectivity index (χ1) is 11.2. The van der Waals surface area contributed by atoms with Crippen LogP contribution in [0.25, 0.3) is 0 Å². The normalized spacial score (nSPS) is 14.0. The van der Waals surface area contributed by atoms with Gasteiger partial charge in [-0.25, -0.2) is 4.39 Å². The average molecular weight is 336 g/mol. The summed E-state index contributed by atoms with van der Waals surface area (Å²) in [7, 11) is 0. The van der Waals surface area contributed by atoms with Gasteiger partial charge in [0.05, 0.1) is 11.5 Å². The zero-order valence-corrected chi connectivity index (χ0v) is 13.5. The van der Waals surface area contributed by atoms with Gasteiger partial charge in [-0.15, -0.1) is 0 Å². The smallest absolute Gasteiger partial charge is 0.197 e. The van der Waals surface area contributed by atoms with Crippen LogP contribution in [0.2, 0.25) is 0 Å². The lowest BCUT2D eigenvalue weighted by atomic mass is 10.3. The first-order valence-electron chi connectivity index (χ1n) is 7.27. The lowest BCUT2D eigenvalue weighted by molar-refractivity contribution is -0.0741. The van der Waals surface area contributed by atoms with Crippen LogP contribution in [0, 0.1) is 5.82 Å². The van der Waals surface area contributed by atoms with Gasteiger partial charge in [0.2, 0.25) is 0 Å². The number of halogens is 1. The maximum absolute atomic E-state index is 13.4. The van der Waals surface area contributed by atoms with E-state index in [2.05, 4.69) is 0 Å². The summed E-state index contributed by atoms with van der Waals surface area (Å²) >= 11 is 1.66. The van der Waals surface area contributed by atoms with Crippen LogP contribution in [0.4, 0.5) is 4.39 Å². The van der Waals surface area contributed by atoms with Crippen molar-refractivity contribution < 1.29 is 23.3 Å². The third-order valence-electron chi connectivity index (χ3n) is 3.18. The van der Waals surface area contributed by atoms with Gasteiger partial charge >= 0.3 is 0 Å². The van der Waals surface area contributed by atoms with E-state index in [1.807, 2.05) is 18.2 Å². The summed E-state index contributed by atoms with van der Waals surface area (Å²) in [4.78, 5) is 1.12. The maximum atomic E-state index is 13.4. The van der Waals surface area contributed by atoms with Gasteiger partial charge < -0.3 is 18.9 Å². The molecule has 1 unspecified atom stereocenters. The fourth-order valence-corrected chi connectivity index (χ4v) is 2.84. The van der Waals surface area contributed by atoms with Gasteiger partial charge in [0.1, 0.15) is 24.0 Å². The molecule has 0 N–H and O–H groups in total. The second kappa shape index (κ2) is 7.57. The zero-order valence-electron chi connectivity index (χ0n) is 12.7. The third kappa shape index (κ3) is 4.30. The minimum atomic E-state index is -0.439. The van der Waals surface area contributed by atoms with Gasteiger partial charge in [-0.1, -0.05) is 23.9 Å². The van der Waals surface area contributed by atoms with E-state index in [-0.39, 0.29) is 18.2 Å². The van der Waals surface area contributed by atoms with E-state index >= 15 is 0 Å². The Morgan fingerprint density at radius 3 is 2.96 bits per heavy atom. The molecule has 2 aromatic rings. The molecule has 122 valence electrons. The van der Waals surface area contributed by atoms with Crippen molar-refractivity contribution in [2.75, 3.05) is 19.2 Å². The number of ether oxygens (including phenoxy) is 4. The highest BCUT2D eigenvalue weighted by Crippen LogP contribution is 2.38. The van der Waals surface area contributed by atoms with Crippen LogP contribution in [-0.4, -0.2) is 25.4 Å². The molecule has 3 rings (SSSR count). The molecule has 0 bridgehead atoms. The van der Waals surface area contributed by atoms with Crippen LogP contribution < -0.4 is 14.2 Å². The summed E-state index contributed by atoms with van der Waals surface area (Å²) in [6.07, 6.45) is -0.439. The monoisotopic (exact) mass is 336 g/mol. The van der Waals surface area contributed by atoms with Crippen LogP contribution in [-0.2, 0) is 4.74 Å². The molecule has 4 nitrogen and oxygen atoms in total. The number of benzene rings is 2. The Balaban J connectivity index is 1.41. The maximum Gasteiger partial charge on any atom is 0.197 e. The molecule has 0 saturated carbocycles. The molecule has 0 radical (unpaired) electrons. The summed E-state index contributed by atoms with van der Waals surface area (Å²) < 4.78 is 35.3. The lowest BCUT2D eigenvalue weighted by Crippen LogP contribution is -2.20. The van der Waals surface area contributed by atoms with Gasteiger partial charge in [0, 0.05) is 6.07 Å². The van der Waals surface area contributed by atoms with Crippen LogP contribution in [0.5, 0.6) is 17.2 Å². The number of hydrogen-bond donors (Lipinski definition) is 0. The first-order valence-corrected chi connectivity index (χ1v) is 8.26. The Labute approximate surface area is 138 Å². The van der Waals surface area contributed by atoms with Gasteiger partial charge in [-0.05, 0) is 31.2 Å². The molecular weight excluding hydrogens is 319 g/mol. The number of fused-ring (bicyclic) bond motifs is 1. The predicted molar refractivity (Wildman–Crippen MR) is 85.7 cm³/mol. The van der Waals surface area contributed by atoms with Crippen LogP contribution in [0.3, 0.4) is 0 Å². The molecular formula is C17H17FO4S. The summed E-state index contributed by atoms with van der Waals surface area (Å²) in [6, 6.07) is 12.0. The van der Waals surface area contributed by atoms with Crippen LogP contribution >= 0.6 is 11.8 Å². The Hall–Kier alpha value is -1.92. The Morgan fingerprint density at radius 1 is 1.22 bits per heavy atom. The number of para-hydroxylation sites is 1. The lowest BCUT2D eigenvalue weighted by Gasteiger charge is -2.16. The summed E-state index contributed by atoms with van der Waals surface area (Å²) in [5, 5.41) is 0. The van der Waals surface area contributed by atoms with Crippen molar-refractivity contribution in [2.24, 2.45) is 0 Å². The third-order valence-corrected chi connectivity index (χ3v) is 4.06. The first kappa shape index (κ1) is 16.0. The van der Waals surface area contributed by atoms with E-state index in [0.29, 0.717) is 18.3 Å². The van der Waals surface area contributed by atoms with Crippen molar-refractivity contribution >= 4 is 11.8 Å². The Morgan fingerprint density at radius 2 is 2.09 bits per heavy atom. The zero-order chi connectivity index (χ0) is 16.1. The van der Waals surface area contributed by atoms with Crippen LogP contribution in [0.15, 0.2) is 47.4 Å². The van der Waals surface area contributed by atoms with Crippen molar-refractivity contribution in [1.29, 1.82) is 0 Å². The van der Waals surface area contributed by atoms with E-state index in [1.165, 1.54) is 6.07 Å². The molecule has 0 aromatic heterocycles. The number of thioether (sulfide) groups is 1. The predicted octanol–water partition coefficient (Wildman–Crippen LogP) is 4.09. The quantitative estimate of drug-likeness (QED) is 0.562. The van der Waals surface area contributed by atoms with Gasteiger partial charge in [0.25, 0.3) is 0 Å². The second-order valence-corrected chi connectivity index (χ2v) is 5.81. The fraction of sp³-hybridized carbons (Fsp3) is 0.294. The Kier molecular flexibility index (Phi) is 5.25. The molecule has 0 aliphatic carbocycles. The van der Waals surface area contributed by atoms with Gasteiger partial charge in [-0.3, -0.25) is 0 Å². The molecule has 23 heavy (non-hydrogen) atoms. The van der Waals surface area contributed by atoms with Gasteiger partial charge in [0.15, 0.2) is 17.9 Å². The molecule has 1 atom stereocenters. The van der Waals surface area contributed by atoms with Crippen molar-refractivity contribution in [3.63, 3.8) is 0 Å². The van der Waals surface area contributed by atoms with E-state index in [4.69, 9.17) is 18.9 Å². The summed E-state index contributed by atoms with van der Waals surface area (Å²) in [5.74, 6) is 2.00. The van der Waals surface area contributed by atoms with Crippen molar-refractivity contribution in [1.82, 2.24) is 0 Å². The molecule has 1 aliphatic heterocycles. The summed E-state index contributed by atoms with van der Waals surface area (Å²) in [5.41, 5.74) is 0. The SMILES string of the molecule is CC(OCCOc1ccccc1F)Oc1ccc2c(c1)OCS2. The molecule has 1 aliphatic rings. The van der Waals surface area contributed by atoms with E-state index in [0.717, 1.165) is 10.6 Å². The van der Waals surface area contributed by atoms with Crippen molar-refractivity contribution in [3.05, 3.63) is 48.3 Å². The highest BCUT2D eigenvalue weighted by Gasteiger charge is 2.14. The highest BCUT2D eigenvalue weighted by atomic mass is 32.2. The molecule has 2 aromatic carbocycles. The molecule has 0 saturated heterocycles. The minimum Gasteiger partial charge on any atom is -0.488 e. The minimum absolute atomic E-state index is 0.220. The van der Waals surface area contributed by atoms with E-state index in [9.17, 15) is 4.39 Å². The summed E-state index contributed by atoms with van der Waals surface area (Å²) in [6.45, 7) is 2.34. The molecule has 0 fully saturated rings. The topological polar surface area (TPSA) is 36.9 Å². The van der Waals surface area contributed by atoms with Gasteiger partial charge in [-0.2, -0.15) is 0 Å². The molecule has 0 amide bonds.